The molecule has 1 aliphatic rings. The fraction of sp³-hybridized carbons (Fsp3) is 0.130. The zero-order valence-corrected chi connectivity index (χ0v) is 17.1. The topological polar surface area (TPSA) is 86.6 Å². The van der Waals surface area contributed by atoms with Crippen LogP contribution in [0.25, 0.3) is 16.7 Å². The zero-order chi connectivity index (χ0) is 21.7. The molecule has 4 aromatic rings. The van der Waals surface area contributed by atoms with Gasteiger partial charge in [0, 0.05) is 12.3 Å². The lowest BCUT2D eigenvalue weighted by Gasteiger charge is -2.14. The molecule has 0 aliphatic carbocycles. The molecule has 0 atom stereocenters. The van der Waals surface area contributed by atoms with Crippen molar-refractivity contribution in [1.82, 2.24) is 14.8 Å². The first-order chi connectivity index (χ1) is 15.0. The van der Waals surface area contributed by atoms with Crippen molar-refractivity contribution in [2.45, 2.75) is 6.92 Å². The molecule has 0 radical (unpaired) electrons. The van der Waals surface area contributed by atoms with E-state index in [1.807, 2.05) is 24.3 Å². The Bertz CT molecular complexity index is 1360. The van der Waals surface area contributed by atoms with Crippen LogP contribution in [0, 0.1) is 6.92 Å². The Morgan fingerprint density at radius 1 is 0.871 bits per heavy atom. The van der Waals surface area contributed by atoms with Crippen LogP contribution in [0.2, 0.25) is 0 Å². The molecule has 5 rings (SSSR count). The number of hydrogen-bond acceptors (Lipinski definition) is 6. The van der Waals surface area contributed by atoms with Gasteiger partial charge in [0.05, 0.1) is 47.8 Å². The van der Waals surface area contributed by atoms with Gasteiger partial charge in [0.15, 0.2) is 5.65 Å². The average molecular weight is 414 g/mol. The monoisotopic (exact) mass is 414 g/mol. The van der Waals surface area contributed by atoms with Gasteiger partial charge in [-0.3, -0.25) is 9.59 Å². The zero-order valence-electron chi connectivity index (χ0n) is 17.1. The van der Waals surface area contributed by atoms with Gasteiger partial charge in [-0.25, -0.2) is 14.6 Å². The number of aromatic nitrogens is 3. The Labute approximate surface area is 177 Å². The first-order valence-corrected chi connectivity index (χ1v) is 9.59. The molecule has 154 valence electrons. The summed E-state index contributed by atoms with van der Waals surface area (Å²) < 4.78 is 12.1. The van der Waals surface area contributed by atoms with Crippen LogP contribution in [-0.2, 0) is 0 Å². The summed E-state index contributed by atoms with van der Waals surface area (Å²) in [4.78, 5) is 32.1. The van der Waals surface area contributed by atoms with E-state index >= 15 is 0 Å². The number of rotatable bonds is 4. The standard InChI is InChI=1S/C23H18N4O4/c1-13-19-20-18(22(28)26(23(20)29)15-5-4-6-17(11-15)31-3)12-24-21(19)27(25-13)14-7-9-16(30-2)10-8-14/h4-12H,1-3H3. The number of aryl methyl sites for hydroxylation is 1. The molecular formula is C23H18N4O4. The maximum absolute atomic E-state index is 13.4. The number of pyridine rings is 1. The molecule has 0 unspecified atom stereocenters. The summed E-state index contributed by atoms with van der Waals surface area (Å²) in [6, 6.07) is 14.2. The third-order valence-corrected chi connectivity index (χ3v) is 5.35. The highest BCUT2D eigenvalue weighted by atomic mass is 16.5. The lowest BCUT2D eigenvalue weighted by atomic mass is 10.1. The van der Waals surface area contributed by atoms with E-state index in [0.29, 0.717) is 33.7 Å². The number of fused-ring (bicyclic) bond motifs is 3. The number of benzene rings is 2. The van der Waals surface area contributed by atoms with Crippen LogP contribution in [0.15, 0.2) is 54.7 Å². The molecule has 0 N–H and O–H groups in total. The van der Waals surface area contributed by atoms with Gasteiger partial charge >= 0.3 is 0 Å². The van der Waals surface area contributed by atoms with Crippen LogP contribution in [0.3, 0.4) is 0 Å². The van der Waals surface area contributed by atoms with E-state index in [9.17, 15) is 9.59 Å². The predicted octanol–water partition coefficient (Wildman–Crippen LogP) is 3.55. The maximum atomic E-state index is 13.4. The van der Waals surface area contributed by atoms with Crippen molar-refractivity contribution in [3.8, 4) is 17.2 Å². The average Bonchev–Trinajstić information content (AvgIpc) is 3.27. The Kier molecular flexibility index (Phi) is 4.21. The van der Waals surface area contributed by atoms with Gasteiger partial charge in [-0.15, -0.1) is 0 Å². The largest absolute Gasteiger partial charge is 0.497 e. The van der Waals surface area contributed by atoms with Crippen molar-refractivity contribution in [3.05, 3.63) is 71.5 Å². The van der Waals surface area contributed by atoms with E-state index in [1.165, 1.54) is 13.3 Å². The third kappa shape index (κ3) is 2.76. The minimum atomic E-state index is -0.417. The minimum absolute atomic E-state index is 0.262. The van der Waals surface area contributed by atoms with Gasteiger partial charge in [-0.2, -0.15) is 5.10 Å². The summed E-state index contributed by atoms with van der Waals surface area (Å²) in [5.74, 6) is 0.457. The van der Waals surface area contributed by atoms with Gasteiger partial charge in [0.2, 0.25) is 0 Å². The van der Waals surface area contributed by atoms with Gasteiger partial charge in [0.25, 0.3) is 11.8 Å². The van der Waals surface area contributed by atoms with Crippen LogP contribution < -0.4 is 14.4 Å². The number of imide groups is 1. The first-order valence-electron chi connectivity index (χ1n) is 9.59. The smallest absolute Gasteiger partial charge is 0.267 e. The second-order valence-corrected chi connectivity index (χ2v) is 7.09. The molecule has 2 aromatic heterocycles. The van der Waals surface area contributed by atoms with Crippen molar-refractivity contribution >= 4 is 28.5 Å². The van der Waals surface area contributed by atoms with Crippen LogP contribution in [0.1, 0.15) is 26.4 Å². The molecule has 0 saturated carbocycles. The Balaban J connectivity index is 1.66. The lowest BCUT2D eigenvalue weighted by Crippen LogP contribution is -2.29. The van der Waals surface area contributed by atoms with Crippen molar-refractivity contribution in [3.63, 3.8) is 0 Å². The molecule has 0 saturated heterocycles. The van der Waals surface area contributed by atoms with Gasteiger partial charge in [0.1, 0.15) is 11.5 Å². The molecule has 2 amide bonds. The fourth-order valence-electron chi connectivity index (χ4n) is 3.85. The summed E-state index contributed by atoms with van der Waals surface area (Å²) >= 11 is 0. The molecule has 31 heavy (non-hydrogen) atoms. The molecule has 0 fully saturated rings. The Hall–Kier alpha value is -4.20. The predicted molar refractivity (Wildman–Crippen MR) is 114 cm³/mol. The molecule has 0 spiro atoms. The Morgan fingerprint density at radius 3 is 2.32 bits per heavy atom. The van der Waals surface area contributed by atoms with Crippen LogP contribution in [0.5, 0.6) is 11.5 Å². The third-order valence-electron chi connectivity index (χ3n) is 5.35. The summed E-state index contributed by atoms with van der Waals surface area (Å²) in [5, 5.41) is 5.16. The highest BCUT2D eigenvalue weighted by Gasteiger charge is 2.40. The second-order valence-electron chi connectivity index (χ2n) is 7.09. The van der Waals surface area contributed by atoms with Crippen LogP contribution >= 0.6 is 0 Å². The SMILES string of the molecule is COc1ccc(-n2nc(C)c3c4c(cnc32)C(=O)N(c2cccc(OC)c2)C4=O)cc1. The van der Waals surface area contributed by atoms with Crippen LogP contribution in [-0.4, -0.2) is 40.8 Å². The van der Waals surface area contributed by atoms with Crippen molar-refractivity contribution in [2.75, 3.05) is 19.1 Å². The number of carbonyl (C=O) groups excluding carboxylic acids is 2. The molecular weight excluding hydrogens is 396 g/mol. The molecule has 8 heteroatoms. The van der Waals surface area contributed by atoms with E-state index in [0.717, 1.165) is 16.3 Å². The number of methoxy groups -OCH3 is 2. The normalized spacial score (nSPS) is 13.1. The fourth-order valence-corrected chi connectivity index (χ4v) is 3.85. The van der Waals surface area contributed by atoms with Crippen LogP contribution in [0.4, 0.5) is 5.69 Å². The number of ether oxygens (including phenoxy) is 2. The van der Waals surface area contributed by atoms with E-state index < -0.39 is 11.8 Å². The van der Waals surface area contributed by atoms with Crippen molar-refractivity contribution in [1.29, 1.82) is 0 Å². The number of nitrogens with zero attached hydrogens (tertiary/aromatic N) is 4. The molecule has 8 nitrogen and oxygen atoms in total. The van der Waals surface area contributed by atoms with Crippen molar-refractivity contribution < 1.29 is 19.1 Å². The van der Waals surface area contributed by atoms with Gasteiger partial charge in [-0.1, -0.05) is 6.07 Å². The number of anilines is 1. The minimum Gasteiger partial charge on any atom is -0.497 e. The highest BCUT2D eigenvalue weighted by molar-refractivity contribution is 6.37. The molecule has 2 aromatic carbocycles. The van der Waals surface area contributed by atoms with E-state index in [2.05, 4.69) is 10.1 Å². The van der Waals surface area contributed by atoms with E-state index in [-0.39, 0.29) is 5.56 Å². The molecule has 0 bridgehead atoms. The summed E-state index contributed by atoms with van der Waals surface area (Å²) in [5.41, 5.74) is 2.92. The summed E-state index contributed by atoms with van der Waals surface area (Å²) in [6.07, 6.45) is 1.44. The Morgan fingerprint density at radius 2 is 1.61 bits per heavy atom. The van der Waals surface area contributed by atoms with Gasteiger partial charge < -0.3 is 9.47 Å². The van der Waals surface area contributed by atoms with E-state index in [4.69, 9.17) is 9.47 Å². The highest BCUT2D eigenvalue weighted by Crippen LogP contribution is 2.35. The number of hydrogen-bond donors (Lipinski definition) is 0. The second kappa shape index (κ2) is 6.94. The van der Waals surface area contributed by atoms with E-state index in [1.54, 1.807) is 43.0 Å². The molecule has 3 heterocycles. The summed E-state index contributed by atoms with van der Waals surface area (Å²) in [7, 11) is 3.13. The quantitative estimate of drug-likeness (QED) is 0.475. The lowest BCUT2D eigenvalue weighted by molar-refractivity contribution is 0.0926. The maximum Gasteiger partial charge on any atom is 0.267 e. The number of carbonyl (C=O) groups is 2. The molecule has 1 aliphatic heterocycles. The number of amides is 2. The van der Waals surface area contributed by atoms with Crippen molar-refractivity contribution in [2.24, 2.45) is 0 Å². The van der Waals surface area contributed by atoms with Gasteiger partial charge in [-0.05, 0) is 43.3 Å². The first kappa shape index (κ1) is 18.8. The summed E-state index contributed by atoms with van der Waals surface area (Å²) in [6.45, 7) is 1.80.